The maximum absolute atomic E-state index is 14.4. The van der Waals surface area contributed by atoms with Gasteiger partial charge in [-0.25, -0.2) is 22.4 Å². The normalized spacial score (nSPS) is 11.8. The molecule has 15 heteroatoms. The topological polar surface area (TPSA) is 133 Å². The summed E-state index contributed by atoms with van der Waals surface area (Å²) in [5, 5.41) is 8.70. The molecular weight excluding hydrogens is 560 g/mol. The maximum Gasteiger partial charge on any atom is 0.414 e. The van der Waals surface area contributed by atoms with Crippen molar-refractivity contribution in [3.63, 3.8) is 0 Å². The van der Waals surface area contributed by atoms with E-state index in [1.807, 2.05) is 0 Å². The van der Waals surface area contributed by atoms with Crippen LogP contribution in [0.5, 0.6) is 0 Å². The number of hydrogen-bond acceptors (Lipinski definition) is 6. The average molecular weight is 583 g/mol. The van der Waals surface area contributed by atoms with Crippen LogP contribution in [0.3, 0.4) is 0 Å². The number of anilines is 1. The molecule has 2 amide bonds. The van der Waals surface area contributed by atoms with Gasteiger partial charge in [0.2, 0.25) is 11.8 Å². The van der Waals surface area contributed by atoms with Gasteiger partial charge in [-0.1, -0.05) is 46.1 Å². The van der Waals surface area contributed by atoms with E-state index in [1.54, 1.807) is 6.07 Å². The number of likely N-dealkylation sites (N-methyl/N-ethyl adjacent to an activating group) is 1. The first-order chi connectivity index (χ1) is 19.0. The quantitative estimate of drug-likeness (QED) is 0.111. The van der Waals surface area contributed by atoms with Gasteiger partial charge in [0.15, 0.2) is 0 Å². The zero-order valence-corrected chi connectivity index (χ0v) is 21.7. The molecule has 0 bridgehead atoms. The molecule has 0 aliphatic carbocycles. The van der Waals surface area contributed by atoms with Crippen LogP contribution in [0.2, 0.25) is 5.02 Å². The Hall–Kier alpha value is -4.29. The van der Waals surface area contributed by atoms with Crippen molar-refractivity contribution in [3.8, 4) is 11.3 Å². The molecule has 1 N–H and O–H groups in total. The fourth-order valence-electron chi connectivity index (χ4n) is 3.64. The van der Waals surface area contributed by atoms with Gasteiger partial charge in [-0.3, -0.25) is 10.1 Å². The number of alkyl halides is 2. The molecular formula is C25H23ClF4N6O4. The highest BCUT2D eigenvalue weighted by Crippen LogP contribution is 2.26. The number of halogens is 5. The minimum absolute atomic E-state index is 0.0299. The molecule has 0 saturated heterocycles. The summed E-state index contributed by atoms with van der Waals surface area (Å²) in [7, 11) is 1.24. The van der Waals surface area contributed by atoms with Crippen molar-refractivity contribution < 1.29 is 36.4 Å². The van der Waals surface area contributed by atoms with E-state index in [2.05, 4.69) is 20.5 Å². The molecule has 40 heavy (non-hydrogen) atoms. The van der Waals surface area contributed by atoms with Crippen molar-refractivity contribution in [3.05, 3.63) is 81.2 Å². The predicted molar refractivity (Wildman–Crippen MR) is 137 cm³/mol. The number of nitrogens with one attached hydrogen (secondary N) is 1. The smallest absolute Gasteiger partial charge is 0.414 e. The SMILES string of the molecule is CN(C(=O)CCc1cccc(F)c1Cl)[C@H](COC(=O)Nc1cc(-c2cccc(F)c2)no1)CC(F)(F)CN=[N+]=[N-]. The summed E-state index contributed by atoms with van der Waals surface area (Å²) < 4.78 is 66.0. The van der Waals surface area contributed by atoms with Crippen LogP contribution in [0, 0.1) is 11.6 Å². The second-order valence-corrected chi connectivity index (χ2v) is 9.01. The number of azide groups is 1. The summed E-state index contributed by atoms with van der Waals surface area (Å²) in [5.74, 6) is -5.46. The number of benzene rings is 2. The lowest BCUT2D eigenvalue weighted by molar-refractivity contribution is -0.134. The molecule has 3 aromatic rings. The van der Waals surface area contributed by atoms with Crippen molar-refractivity contribution in [2.45, 2.75) is 31.2 Å². The monoisotopic (exact) mass is 582 g/mol. The third-order valence-corrected chi connectivity index (χ3v) is 6.17. The van der Waals surface area contributed by atoms with E-state index in [1.165, 1.54) is 43.4 Å². The highest BCUT2D eigenvalue weighted by molar-refractivity contribution is 6.31. The number of hydrogen-bond donors (Lipinski definition) is 1. The van der Waals surface area contributed by atoms with E-state index in [0.29, 0.717) is 11.1 Å². The molecule has 0 unspecified atom stereocenters. The highest BCUT2D eigenvalue weighted by Gasteiger charge is 2.36. The van der Waals surface area contributed by atoms with E-state index in [0.717, 1.165) is 11.0 Å². The summed E-state index contributed by atoms with van der Waals surface area (Å²) in [6.07, 6.45) is -2.26. The first-order valence-corrected chi connectivity index (χ1v) is 12.1. The molecule has 2 aromatic carbocycles. The molecule has 212 valence electrons. The molecule has 0 spiro atoms. The van der Waals surface area contributed by atoms with E-state index in [-0.39, 0.29) is 29.4 Å². The Morgan fingerprint density at radius 1 is 1.25 bits per heavy atom. The fraction of sp³-hybridized carbons (Fsp3) is 0.320. The van der Waals surface area contributed by atoms with Gasteiger partial charge in [0.05, 0.1) is 17.6 Å². The summed E-state index contributed by atoms with van der Waals surface area (Å²) in [6.45, 7) is -1.83. The Balaban J connectivity index is 1.65. The molecule has 0 radical (unpaired) electrons. The first kappa shape index (κ1) is 30.3. The van der Waals surface area contributed by atoms with Crippen molar-refractivity contribution >= 4 is 29.5 Å². The summed E-state index contributed by atoms with van der Waals surface area (Å²) in [4.78, 5) is 28.4. The zero-order valence-electron chi connectivity index (χ0n) is 21.0. The highest BCUT2D eigenvalue weighted by atomic mass is 35.5. The molecule has 1 atom stereocenters. The van der Waals surface area contributed by atoms with Crippen LogP contribution in [0.1, 0.15) is 18.4 Å². The van der Waals surface area contributed by atoms with Gasteiger partial charge < -0.3 is 14.2 Å². The molecule has 10 nitrogen and oxygen atoms in total. The summed E-state index contributed by atoms with van der Waals surface area (Å²) in [5.41, 5.74) is 9.35. The van der Waals surface area contributed by atoms with Crippen LogP contribution in [-0.4, -0.2) is 54.2 Å². The standard InChI is InChI=1S/C25H23ClF4N6O4/c1-36(22(37)9-8-15-4-3-7-19(28)23(15)26)18(12-25(29,30)14-32-35-31)13-39-24(38)33-21-11-20(34-40-21)16-5-2-6-17(27)10-16/h2-7,10-11,18H,8-9,12-14H2,1H3,(H,33,38)/t18-/m0/s1. The minimum atomic E-state index is -3.53. The average Bonchev–Trinajstić information content (AvgIpc) is 3.38. The Morgan fingerprint density at radius 3 is 2.73 bits per heavy atom. The van der Waals surface area contributed by atoms with Crippen LogP contribution < -0.4 is 5.32 Å². The lowest BCUT2D eigenvalue weighted by atomic mass is 10.1. The number of aromatic nitrogens is 1. The molecule has 1 aromatic heterocycles. The van der Waals surface area contributed by atoms with E-state index in [4.69, 9.17) is 26.4 Å². The molecule has 3 rings (SSSR count). The molecule has 0 saturated carbocycles. The van der Waals surface area contributed by atoms with Crippen LogP contribution in [-0.2, 0) is 16.0 Å². The summed E-state index contributed by atoms with van der Waals surface area (Å²) in [6, 6.07) is 9.55. The van der Waals surface area contributed by atoms with Gasteiger partial charge >= 0.3 is 6.09 Å². The molecule has 0 aliphatic rings. The molecule has 0 aliphatic heterocycles. The Morgan fingerprint density at radius 2 is 2.00 bits per heavy atom. The number of amides is 2. The van der Waals surface area contributed by atoms with Crippen molar-refractivity contribution in [1.82, 2.24) is 10.1 Å². The Bertz CT molecular complexity index is 1400. The van der Waals surface area contributed by atoms with Gasteiger partial charge in [-0.15, -0.1) is 0 Å². The zero-order chi connectivity index (χ0) is 29.3. The van der Waals surface area contributed by atoms with E-state index in [9.17, 15) is 27.2 Å². The number of aryl methyl sites for hydroxylation is 1. The van der Waals surface area contributed by atoms with Crippen LogP contribution in [0.15, 0.2) is 58.2 Å². The number of carbonyl (C=O) groups excluding carboxylic acids is 2. The lowest BCUT2D eigenvalue weighted by Crippen LogP contribution is -2.45. The summed E-state index contributed by atoms with van der Waals surface area (Å²) >= 11 is 5.92. The van der Waals surface area contributed by atoms with Gasteiger partial charge in [-0.05, 0) is 35.7 Å². The molecule has 1 heterocycles. The first-order valence-electron chi connectivity index (χ1n) is 11.7. The number of nitrogens with zero attached hydrogens (tertiary/aromatic N) is 5. The number of ether oxygens (including phenoxy) is 1. The number of carbonyl (C=O) groups is 2. The van der Waals surface area contributed by atoms with Gasteiger partial charge in [-0.2, -0.15) is 0 Å². The second kappa shape index (κ2) is 13.7. The van der Waals surface area contributed by atoms with Crippen LogP contribution >= 0.6 is 11.6 Å². The second-order valence-electron chi connectivity index (χ2n) is 8.63. The Labute approximate surface area is 230 Å². The van der Waals surface area contributed by atoms with Crippen molar-refractivity contribution in [2.24, 2.45) is 5.11 Å². The minimum Gasteiger partial charge on any atom is -0.447 e. The van der Waals surface area contributed by atoms with Gasteiger partial charge in [0, 0.05) is 36.4 Å². The maximum atomic E-state index is 14.4. The van der Waals surface area contributed by atoms with E-state index >= 15 is 0 Å². The van der Waals surface area contributed by atoms with Gasteiger partial charge in [0.1, 0.15) is 23.9 Å². The third kappa shape index (κ3) is 8.61. The van der Waals surface area contributed by atoms with Gasteiger partial charge in [0.25, 0.3) is 5.92 Å². The van der Waals surface area contributed by atoms with Crippen molar-refractivity contribution in [1.29, 1.82) is 0 Å². The van der Waals surface area contributed by atoms with Crippen LogP contribution in [0.4, 0.5) is 28.2 Å². The third-order valence-electron chi connectivity index (χ3n) is 5.74. The predicted octanol–water partition coefficient (Wildman–Crippen LogP) is 6.62. The lowest BCUT2D eigenvalue weighted by Gasteiger charge is -2.30. The number of rotatable bonds is 12. The largest absolute Gasteiger partial charge is 0.447 e. The van der Waals surface area contributed by atoms with Crippen molar-refractivity contribution in [2.75, 3.05) is 25.5 Å². The molecule has 0 fully saturated rings. The van der Waals surface area contributed by atoms with Crippen LogP contribution in [0.25, 0.3) is 21.7 Å². The Kier molecular flexibility index (Phi) is 10.3. The van der Waals surface area contributed by atoms with E-state index < -0.39 is 55.2 Å². The fourth-order valence-corrected chi connectivity index (χ4v) is 3.86.